The van der Waals surface area contributed by atoms with Crippen LogP contribution in [0.25, 0.3) is 0 Å². The molecule has 0 radical (unpaired) electrons. The van der Waals surface area contributed by atoms with Crippen molar-refractivity contribution < 1.29 is 9.53 Å². The number of carbonyl (C=O) groups is 1. The van der Waals surface area contributed by atoms with Crippen molar-refractivity contribution in [2.45, 2.75) is 25.4 Å². The number of rotatable bonds is 5. The Labute approximate surface area is 122 Å². The number of benzene rings is 1. The van der Waals surface area contributed by atoms with Crippen LogP contribution in [0.2, 0.25) is 0 Å². The molecule has 5 heteroatoms. The fraction of sp³-hybridized carbons (Fsp3) is 0.500. The smallest absolute Gasteiger partial charge is 0.226 e. The zero-order chi connectivity index (χ0) is 13.5. The molecule has 1 aliphatic rings. The summed E-state index contributed by atoms with van der Waals surface area (Å²) in [6.07, 6.45) is 2.78. The molecule has 1 amide bonds. The Morgan fingerprint density at radius 2 is 2.00 bits per heavy atom. The van der Waals surface area contributed by atoms with E-state index in [4.69, 9.17) is 4.74 Å². The first kappa shape index (κ1) is 14.5. The lowest BCUT2D eigenvalue weighted by atomic mass is 10.1. The lowest BCUT2D eigenvalue weighted by Gasteiger charge is -2.22. The highest BCUT2D eigenvalue weighted by molar-refractivity contribution is 9.10. The Morgan fingerprint density at radius 3 is 2.68 bits per heavy atom. The third-order valence-electron chi connectivity index (χ3n) is 3.10. The molecule has 0 spiro atoms. The molecule has 104 valence electrons. The number of ether oxygens (including phenoxy) is 1. The van der Waals surface area contributed by atoms with Crippen LogP contribution in [0.5, 0.6) is 0 Å². The zero-order valence-corrected chi connectivity index (χ0v) is 12.4. The molecular formula is C14H19BrN2O2. The molecule has 0 bridgehead atoms. The first-order valence-corrected chi connectivity index (χ1v) is 7.41. The van der Waals surface area contributed by atoms with Crippen molar-refractivity contribution in [3.63, 3.8) is 0 Å². The molecule has 2 rings (SSSR count). The summed E-state index contributed by atoms with van der Waals surface area (Å²) in [6, 6.07) is 7.55. The van der Waals surface area contributed by atoms with Gasteiger partial charge in [-0.3, -0.25) is 4.79 Å². The molecular weight excluding hydrogens is 308 g/mol. The van der Waals surface area contributed by atoms with Gasteiger partial charge < -0.3 is 15.4 Å². The average Bonchev–Trinajstić information content (AvgIpc) is 2.43. The maximum atomic E-state index is 11.7. The summed E-state index contributed by atoms with van der Waals surface area (Å²) in [7, 11) is 0. The highest BCUT2D eigenvalue weighted by Crippen LogP contribution is 2.14. The van der Waals surface area contributed by atoms with Gasteiger partial charge in [-0.25, -0.2) is 0 Å². The largest absolute Gasteiger partial charge is 0.378 e. The molecule has 1 aromatic rings. The number of amides is 1. The van der Waals surface area contributed by atoms with E-state index in [2.05, 4.69) is 26.6 Å². The van der Waals surface area contributed by atoms with Crippen LogP contribution < -0.4 is 10.6 Å². The molecule has 0 unspecified atom stereocenters. The minimum Gasteiger partial charge on any atom is -0.378 e. The van der Waals surface area contributed by atoms with E-state index in [0.29, 0.717) is 19.1 Å². The van der Waals surface area contributed by atoms with Crippen molar-refractivity contribution in [2.75, 3.05) is 25.0 Å². The van der Waals surface area contributed by atoms with Gasteiger partial charge in [0.15, 0.2) is 0 Å². The second-order valence-electron chi connectivity index (χ2n) is 4.63. The van der Waals surface area contributed by atoms with Crippen LogP contribution in [0.4, 0.5) is 5.69 Å². The molecule has 0 atom stereocenters. The Morgan fingerprint density at radius 1 is 1.32 bits per heavy atom. The van der Waals surface area contributed by atoms with Crippen LogP contribution in [0.15, 0.2) is 28.7 Å². The van der Waals surface area contributed by atoms with Gasteiger partial charge in [-0.05, 0) is 50.2 Å². The minimum atomic E-state index is -0.00347. The van der Waals surface area contributed by atoms with Gasteiger partial charge in [0.1, 0.15) is 0 Å². The van der Waals surface area contributed by atoms with E-state index in [1.54, 1.807) is 0 Å². The Kier molecular flexibility index (Phi) is 5.82. The van der Waals surface area contributed by atoms with Crippen molar-refractivity contribution in [2.24, 2.45) is 0 Å². The number of piperidine rings is 1. The molecule has 4 nitrogen and oxygen atoms in total. The lowest BCUT2D eigenvalue weighted by molar-refractivity contribution is -0.117. The van der Waals surface area contributed by atoms with Gasteiger partial charge in [0.25, 0.3) is 0 Å². The second-order valence-corrected chi connectivity index (χ2v) is 5.54. The maximum absolute atomic E-state index is 11.7. The topological polar surface area (TPSA) is 50.4 Å². The van der Waals surface area contributed by atoms with Gasteiger partial charge in [0, 0.05) is 10.2 Å². The number of carbonyl (C=O) groups excluding carboxylic acids is 1. The summed E-state index contributed by atoms with van der Waals surface area (Å²) in [6.45, 7) is 2.51. The fourth-order valence-corrected chi connectivity index (χ4v) is 2.30. The number of halogens is 1. The number of hydrogen-bond acceptors (Lipinski definition) is 3. The van der Waals surface area contributed by atoms with E-state index in [1.807, 2.05) is 24.3 Å². The van der Waals surface area contributed by atoms with E-state index < -0.39 is 0 Å². The number of hydrogen-bond donors (Lipinski definition) is 2. The van der Waals surface area contributed by atoms with Crippen LogP contribution >= 0.6 is 15.9 Å². The quantitative estimate of drug-likeness (QED) is 0.874. The summed E-state index contributed by atoms with van der Waals surface area (Å²) in [5.41, 5.74) is 0.815. The molecule has 0 aromatic heterocycles. The van der Waals surface area contributed by atoms with E-state index in [9.17, 15) is 4.79 Å². The molecule has 0 saturated carbocycles. The molecule has 2 N–H and O–H groups in total. The fourth-order valence-electron chi connectivity index (χ4n) is 2.04. The van der Waals surface area contributed by atoms with Crippen LogP contribution in [-0.4, -0.2) is 31.7 Å². The summed E-state index contributed by atoms with van der Waals surface area (Å²) < 4.78 is 6.70. The third-order valence-corrected chi connectivity index (χ3v) is 3.63. The molecule has 1 saturated heterocycles. The number of anilines is 1. The van der Waals surface area contributed by atoms with Gasteiger partial charge in [0.2, 0.25) is 5.91 Å². The molecule has 1 heterocycles. The van der Waals surface area contributed by atoms with Crippen LogP contribution in [0.3, 0.4) is 0 Å². The van der Waals surface area contributed by atoms with E-state index in [1.165, 1.54) is 0 Å². The molecule has 19 heavy (non-hydrogen) atoms. The van der Waals surface area contributed by atoms with E-state index in [0.717, 1.165) is 36.1 Å². The van der Waals surface area contributed by atoms with Gasteiger partial charge in [-0.15, -0.1) is 0 Å². The second kappa shape index (κ2) is 7.62. The van der Waals surface area contributed by atoms with Gasteiger partial charge in [-0.2, -0.15) is 0 Å². The van der Waals surface area contributed by atoms with Crippen molar-refractivity contribution in [3.8, 4) is 0 Å². The van der Waals surface area contributed by atoms with Crippen LogP contribution in [-0.2, 0) is 9.53 Å². The van der Waals surface area contributed by atoms with Crippen molar-refractivity contribution in [1.82, 2.24) is 5.32 Å². The zero-order valence-electron chi connectivity index (χ0n) is 10.8. The molecule has 1 aromatic carbocycles. The van der Waals surface area contributed by atoms with Crippen molar-refractivity contribution >= 4 is 27.5 Å². The van der Waals surface area contributed by atoms with Gasteiger partial charge in [-0.1, -0.05) is 15.9 Å². The highest BCUT2D eigenvalue weighted by Gasteiger charge is 2.13. The lowest BCUT2D eigenvalue weighted by Crippen LogP contribution is -2.33. The third kappa shape index (κ3) is 5.30. The summed E-state index contributed by atoms with van der Waals surface area (Å²) in [5.74, 6) is -0.00347. The first-order valence-electron chi connectivity index (χ1n) is 6.62. The summed E-state index contributed by atoms with van der Waals surface area (Å²) in [5, 5.41) is 6.14. The Hall–Kier alpha value is -0.910. The van der Waals surface area contributed by atoms with Crippen LogP contribution in [0, 0.1) is 0 Å². The molecule has 1 fully saturated rings. The predicted octanol–water partition coefficient (Wildman–Crippen LogP) is 2.55. The first-order chi connectivity index (χ1) is 9.24. The predicted molar refractivity (Wildman–Crippen MR) is 79.2 cm³/mol. The van der Waals surface area contributed by atoms with Crippen molar-refractivity contribution in [1.29, 1.82) is 0 Å². The highest BCUT2D eigenvalue weighted by atomic mass is 79.9. The van der Waals surface area contributed by atoms with Gasteiger partial charge >= 0.3 is 0 Å². The van der Waals surface area contributed by atoms with Crippen molar-refractivity contribution in [3.05, 3.63) is 28.7 Å². The average molecular weight is 327 g/mol. The number of nitrogens with one attached hydrogen (secondary N) is 2. The SMILES string of the molecule is O=C(CCOC1CCNCC1)Nc1ccc(Br)cc1. The maximum Gasteiger partial charge on any atom is 0.226 e. The van der Waals surface area contributed by atoms with Crippen LogP contribution in [0.1, 0.15) is 19.3 Å². The summed E-state index contributed by atoms with van der Waals surface area (Å²) >= 11 is 3.36. The summed E-state index contributed by atoms with van der Waals surface area (Å²) in [4.78, 5) is 11.7. The molecule has 0 aliphatic carbocycles. The molecule has 1 aliphatic heterocycles. The normalized spacial score (nSPS) is 16.3. The standard InChI is InChI=1S/C14H19BrN2O2/c15-11-1-3-12(4-2-11)17-14(18)7-10-19-13-5-8-16-9-6-13/h1-4,13,16H,5-10H2,(H,17,18). The van der Waals surface area contributed by atoms with E-state index >= 15 is 0 Å². The Bertz CT molecular complexity index is 402. The Balaban J connectivity index is 1.65. The minimum absolute atomic E-state index is 0.00347. The monoisotopic (exact) mass is 326 g/mol. The van der Waals surface area contributed by atoms with Gasteiger partial charge in [0.05, 0.1) is 19.1 Å². The van der Waals surface area contributed by atoms with E-state index in [-0.39, 0.29) is 5.91 Å².